The number of aromatic nitrogens is 2. The van der Waals surface area contributed by atoms with Crippen LogP contribution in [0.5, 0.6) is 0 Å². The molecule has 2 aromatic carbocycles. The normalized spacial score (nSPS) is 10.9. The number of imidazole rings is 1. The predicted octanol–water partition coefficient (Wildman–Crippen LogP) is 4.14. The standard InChI is InChI=1S/C17H15BrFN3O/c1-2-22-15-6-4-3-5-14(15)20-17(22)21-16(23)10-11-7-8-13(19)12(18)9-11/h3-9H,2,10H2,1H3,(H,20,21,23). The minimum absolute atomic E-state index is 0.159. The maximum Gasteiger partial charge on any atom is 0.231 e. The van der Waals surface area contributed by atoms with Gasteiger partial charge in [0.25, 0.3) is 0 Å². The van der Waals surface area contributed by atoms with E-state index in [1.54, 1.807) is 12.1 Å². The van der Waals surface area contributed by atoms with Crippen LogP contribution in [0.1, 0.15) is 12.5 Å². The van der Waals surface area contributed by atoms with Crippen molar-refractivity contribution in [1.82, 2.24) is 9.55 Å². The molecule has 0 atom stereocenters. The Hall–Kier alpha value is -2.21. The SMILES string of the molecule is CCn1c(NC(=O)Cc2ccc(F)c(Br)c2)nc2ccccc21. The van der Waals surface area contributed by atoms with Crippen LogP contribution in [-0.2, 0) is 17.8 Å². The van der Waals surface area contributed by atoms with Gasteiger partial charge in [-0.1, -0.05) is 18.2 Å². The van der Waals surface area contributed by atoms with Crippen LogP contribution in [-0.4, -0.2) is 15.5 Å². The zero-order chi connectivity index (χ0) is 16.4. The molecule has 1 heterocycles. The third kappa shape index (κ3) is 3.27. The van der Waals surface area contributed by atoms with Crippen molar-refractivity contribution in [2.75, 3.05) is 5.32 Å². The van der Waals surface area contributed by atoms with Crippen LogP contribution < -0.4 is 5.32 Å². The van der Waals surface area contributed by atoms with E-state index in [1.807, 2.05) is 35.8 Å². The third-order valence-electron chi connectivity index (χ3n) is 3.57. The highest BCUT2D eigenvalue weighted by atomic mass is 79.9. The monoisotopic (exact) mass is 375 g/mol. The number of carbonyl (C=O) groups excluding carboxylic acids is 1. The number of nitrogens with one attached hydrogen (secondary N) is 1. The predicted molar refractivity (Wildman–Crippen MR) is 91.8 cm³/mol. The lowest BCUT2D eigenvalue weighted by Gasteiger charge is -2.08. The number of para-hydroxylation sites is 2. The molecule has 1 N–H and O–H groups in total. The summed E-state index contributed by atoms with van der Waals surface area (Å²) in [5.41, 5.74) is 2.55. The molecule has 0 unspecified atom stereocenters. The first kappa shape index (κ1) is 15.7. The molecular formula is C17H15BrFN3O. The second-order valence-corrected chi connectivity index (χ2v) is 6.00. The van der Waals surface area contributed by atoms with Crippen molar-refractivity contribution in [2.24, 2.45) is 0 Å². The molecule has 0 bridgehead atoms. The minimum atomic E-state index is -0.345. The Kier molecular flexibility index (Phi) is 4.43. The average Bonchev–Trinajstić information content (AvgIpc) is 2.87. The Morgan fingerprint density at radius 1 is 1.30 bits per heavy atom. The summed E-state index contributed by atoms with van der Waals surface area (Å²) in [4.78, 5) is 16.7. The fraction of sp³-hybridized carbons (Fsp3) is 0.176. The van der Waals surface area contributed by atoms with E-state index in [2.05, 4.69) is 26.2 Å². The van der Waals surface area contributed by atoms with Gasteiger partial charge in [0.15, 0.2) is 0 Å². The molecule has 6 heteroatoms. The van der Waals surface area contributed by atoms with E-state index < -0.39 is 0 Å². The molecule has 0 saturated heterocycles. The number of nitrogens with zero attached hydrogens (tertiary/aromatic N) is 2. The van der Waals surface area contributed by atoms with Gasteiger partial charge >= 0.3 is 0 Å². The first-order valence-corrected chi connectivity index (χ1v) is 8.07. The summed E-state index contributed by atoms with van der Waals surface area (Å²) in [6, 6.07) is 12.3. The van der Waals surface area contributed by atoms with Gasteiger partial charge in [0.2, 0.25) is 11.9 Å². The van der Waals surface area contributed by atoms with Gasteiger partial charge in [-0.25, -0.2) is 9.37 Å². The van der Waals surface area contributed by atoms with Crippen molar-refractivity contribution in [3.8, 4) is 0 Å². The maximum atomic E-state index is 13.2. The zero-order valence-electron chi connectivity index (χ0n) is 12.5. The van der Waals surface area contributed by atoms with Crippen molar-refractivity contribution in [3.05, 3.63) is 58.3 Å². The number of anilines is 1. The molecule has 23 heavy (non-hydrogen) atoms. The lowest BCUT2D eigenvalue weighted by Crippen LogP contribution is -2.17. The van der Waals surface area contributed by atoms with E-state index in [4.69, 9.17) is 0 Å². The molecule has 118 valence electrons. The Labute approximate surface area is 141 Å². The summed E-state index contributed by atoms with van der Waals surface area (Å²) < 4.78 is 15.5. The Morgan fingerprint density at radius 2 is 2.09 bits per heavy atom. The van der Waals surface area contributed by atoms with Crippen molar-refractivity contribution in [3.63, 3.8) is 0 Å². The molecule has 3 aromatic rings. The Balaban J connectivity index is 1.81. The van der Waals surface area contributed by atoms with Crippen molar-refractivity contribution in [2.45, 2.75) is 19.9 Å². The van der Waals surface area contributed by atoms with E-state index in [1.165, 1.54) is 6.07 Å². The molecule has 0 aliphatic heterocycles. The highest BCUT2D eigenvalue weighted by Crippen LogP contribution is 2.20. The molecule has 0 aliphatic rings. The fourth-order valence-electron chi connectivity index (χ4n) is 2.49. The highest BCUT2D eigenvalue weighted by molar-refractivity contribution is 9.10. The number of aryl methyl sites for hydroxylation is 1. The summed E-state index contributed by atoms with van der Waals surface area (Å²) in [5.74, 6) is -0.00433. The number of hydrogen-bond donors (Lipinski definition) is 1. The van der Waals surface area contributed by atoms with E-state index >= 15 is 0 Å². The van der Waals surface area contributed by atoms with Crippen LogP contribution >= 0.6 is 15.9 Å². The summed E-state index contributed by atoms with van der Waals surface area (Å²) in [6.07, 6.45) is 0.159. The van der Waals surface area contributed by atoms with Crippen molar-refractivity contribution in [1.29, 1.82) is 0 Å². The first-order valence-electron chi connectivity index (χ1n) is 7.27. The molecule has 1 amide bonds. The number of fused-ring (bicyclic) bond motifs is 1. The van der Waals surface area contributed by atoms with E-state index in [0.717, 1.165) is 16.6 Å². The van der Waals surface area contributed by atoms with Gasteiger partial charge in [-0.2, -0.15) is 0 Å². The molecule has 1 aromatic heterocycles. The quantitative estimate of drug-likeness (QED) is 0.744. The van der Waals surface area contributed by atoms with Crippen LogP contribution in [0.2, 0.25) is 0 Å². The molecule has 3 rings (SSSR count). The molecule has 0 radical (unpaired) electrons. The minimum Gasteiger partial charge on any atom is -0.310 e. The summed E-state index contributed by atoms with van der Waals surface area (Å²) >= 11 is 3.13. The average molecular weight is 376 g/mol. The highest BCUT2D eigenvalue weighted by Gasteiger charge is 2.13. The Bertz CT molecular complexity index is 875. The molecule has 0 fully saturated rings. The fourth-order valence-corrected chi connectivity index (χ4v) is 2.92. The molecule has 0 spiro atoms. The lowest BCUT2D eigenvalue weighted by atomic mass is 10.1. The number of benzene rings is 2. The molecule has 0 saturated carbocycles. The topological polar surface area (TPSA) is 46.9 Å². The van der Waals surface area contributed by atoms with Gasteiger partial charge < -0.3 is 4.57 Å². The van der Waals surface area contributed by atoms with Gasteiger partial charge in [-0.3, -0.25) is 10.1 Å². The van der Waals surface area contributed by atoms with Gasteiger partial charge in [0.05, 0.1) is 21.9 Å². The van der Waals surface area contributed by atoms with E-state index in [0.29, 0.717) is 17.0 Å². The summed E-state index contributed by atoms with van der Waals surface area (Å²) in [5, 5.41) is 2.84. The molecule has 4 nitrogen and oxygen atoms in total. The zero-order valence-corrected chi connectivity index (χ0v) is 14.1. The van der Waals surface area contributed by atoms with Crippen molar-refractivity contribution < 1.29 is 9.18 Å². The number of rotatable bonds is 4. The second kappa shape index (κ2) is 6.50. The van der Waals surface area contributed by atoms with Crippen LogP contribution in [0.4, 0.5) is 10.3 Å². The third-order valence-corrected chi connectivity index (χ3v) is 4.18. The maximum absolute atomic E-state index is 13.2. The van der Waals surface area contributed by atoms with Crippen LogP contribution in [0.15, 0.2) is 46.9 Å². The smallest absolute Gasteiger partial charge is 0.231 e. The van der Waals surface area contributed by atoms with Gasteiger partial charge in [0.1, 0.15) is 5.82 Å². The molecule has 0 aliphatic carbocycles. The van der Waals surface area contributed by atoms with E-state index in [9.17, 15) is 9.18 Å². The summed E-state index contributed by atoms with van der Waals surface area (Å²) in [7, 11) is 0. The van der Waals surface area contributed by atoms with Crippen molar-refractivity contribution >= 4 is 38.8 Å². The summed E-state index contributed by atoms with van der Waals surface area (Å²) in [6.45, 7) is 2.71. The molecular weight excluding hydrogens is 361 g/mol. The van der Waals surface area contributed by atoms with Crippen LogP contribution in [0, 0.1) is 5.82 Å². The number of halogens is 2. The van der Waals surface area contributed by atoms with Gasteiger partial charge in [-0.05, 0) is 52.7 Å². The number of amides is 1. The van der Waals surface area contributed by atoms with Gasteiger partial charge in [0, 0.05) is 6.54 Å². The van der Waals surface area contributed by atoms with E-state index in [-0.39, 0.29) is 18.1 Å². The van der Waals surface area contributed by atoms with Gasteiger partial charge in [-0.15, -0.1) is 0 Å². The first-order chi connectivity index (χ1) is 11.1. The second-order valence-electron chi connectivity index (χ2n) is 5.14. The Morgan fingerprint density at radius 3 is 2.83 bits per heavy atom. The number of carbonyl (C=O) groups is 1. The van der Waals surface area contributed by atoms with Crippen LogP contribution in [0.25, 0.3) is 11.0 Å². The van der Waals surface area contributed by atoms with Crippen LogP contribution in [0.3, 0.4) is 0 Å². The number of hydrogen-bond acceptors (Lipinski definition) is 2. The lowest BCUT2D eigenvalue weighted by molar-refractivity contribution is -0.115. The largest absolute Gasteiger partial charge is 0.310 e.